The molecule has 17 heavy (non-hydrogen) atoms. The monoisotopic (exact) mass is 235 g/mol. The molecule has 0 fully saturated rings. The van der Waals surface area contributed by atoms with Crippen molar-refractivity contribution in [2.24, 2.45) is 4.99 Å². The van der Waals surface area contributed by atoms with E-state index in [0.717, 1.165) is 16.8 Å². The van der Waals surface area contributed by atoms with E-state index in [4.69, 9.17) is 0 Å². The van der Waals surface area contributed by atoms with Crippen molar-refractivity contribution in [1.82, 2.24) is 0 Å². The van der Waals surface area contributed by atoms with Crippen molar-refractivity contribution in [1.29, 1.82) is 0 Å². The van der Waals surface area contributed by atoms with Crippen LogP contribution in [0.5, 0.6) is 0 Å². The molecule has 0 radical (unpaired) electrons. The number of rotatable bonds is 1. The zero-order valence-electron chi connectivity index (χ0n) is 9.05. The van der Waals surface area contributed by atoms with Gasteiger partial charge in [-0.15, -0.1) is 0 Å². The summed E-state index contributed by atoms with van der Waals surface area (Å²) in [6.45, 7) is 0. The van der Waals surface area contributed by atoms with Gasteiger partial charge < -0.3 is 0 Å². The van der Waals surface area contributed by atoms with Crippen LogP contribution >= 0.6 is 12.2 Å². The molecule has 0 N–H and O–H groups in total. The molecule has 0 saturated carbocycles. The highest BCUT2D eigenvalue weighted by Crippen LogP contribution is 2.11. The summed E-state index contributed by atoms with van der Waals surface area (Å²) in [5.41, 5.74) is 2.76. The zero-order chi connectivity index (χ0) is 11.9. The molecule has 0 bridgehead atoms. The standard InChI is InChI=1S/C15H9NS/c17-12-16-15-10-8-14(9-11-15)7-6-13-4-2-1-3-5-13/h1-5,8-11H. The van der Waals surface area contributed by atoms with E-state index < -0.39 is 0 Å². The Morgan fingerprint density at radius 2 is 1.35 bits per heavy atom. The maximum Gasteiger partial charge on any atom is 0.0740 e. The van der Waals surface area contributed by atoms with E-state index in [1.807, 2.05) is 54.6 Å². The highest BCUT2D eigenvalue weighted by Gasteiger charge is 1.89. The molecule has 2 rings (SSSR count). The second-order valence-electron chi connectivity index (χ2n) is 3.37. The predicted molar refractivity (Wildman–Crippen MR) is 73.6 cm³/mol. The molecule has 0 amide bonds. The van der Waals surface area contributed by atoms with Gasteiger partial charge in [0.2, 0.25) is 0 Å². The lowest BCUT2D eigenvalue weighted by molar-refractivity contribution is 1.53. The molecule has 80 valence electrons. The molecular formula is C15H9NS. The normalized spacial score (nSPS) is 8.71. The molecule has 2 aromatic carbocycles. The molecule has 0 heterocycles. The third kappa shape index (κ3) is 3.39. The molecular weight excluding hydrogens is 226 g/mol. The number of hydrogen-bond acceptors (Lipinski definition) is 2. The summed E-state index contributed by atoms with van der Waals surface area (Å²) in [4.78, 5) is 3.88. The average Bonchev–Trinajstić information content (AvgIpc) is 2.40. The van der Waals surface area contributed by atoms with Crippen LogP contribution in [0.2, 0.25) is 0 Å². The van der Waals surface area contributed by atoms with Gasteiger partial charge in [0.1, 0.15) is 0 Å². The summed E-state index contributed by atoms with van der Waals surface area (Å²) in [5.74, 6) is 6.19. The van der Waals surface area contributed by atoms with Gasteiger partial charge in [-0.1, -0.05) is 30.0 Å². The maximum absolute atomic E-state index is 4.54. The molecule has 0 aliphatic heterocycles. The first-order chi connectivity index (χ1) is 8.38. The van der Waals surface area contributed by atoms with Gasteiger partial charge >= 0.3 is 0 Å². The minimum Gasteiger partial charge on any atom is -0.195 e. The van der Waals surface area contributed by atoms with Crippen LogP contribution in [-0.4, -0.2) is 5.16 Å². The Morgan fingerprint density at radius 3 is 1.94 bits per heavy atom. The first-order valence-electron chi connectivity index (χ1n) is 5.13. The topological polar surface area (TPSA) is 12.4 Å². The maximum atomic E-state index is 4.54. The first kappa shape index (κ1) is 11.3. The summed E-state index contributed by atoms with van der Waals surface area (Å²) in [5, 5.41) is 2.33. The van der Waals surface area contributed by atoms with E-state index in [2.05, 4.69) is 34.2 Å². The van der Waals surface area contributed by atoms with Crippen LogP contribution in [0.25, 0.3) is 0 Å². The van der Waals surface area contributed by atoms with Crippen molar-refractivity contribution in [3.63, 3.8) is 0 Å². The third-order valence-corrected chi connectivity index (χ3v) is 2.26. The number of hydrogen-bond donors (Lipinski definition) is 0. The minimum atomic E-state index is 0.797. The second-order valence-corrected chi connectivity index (χ2v) is 3.55. The molecule has 0 aromatic heterocycles. The minimum absolute atomic E-state index is 0.797. The van der Waals surface area contributed by atoms with Gasteiger partial charge in [-0.2, -0.15) is 4.99 Å². The molecule has 0 saturated heterocycles. The average molecular weight is 235 g/mol. The molecule has 0 spiro atoms. The van der Waals surface area contributed by atoms with Crippen LogP contribution in [-0.2, 0) is 0 Å². The van der Waals surface area contributed by atoms with Crippen molar-refractivity contribution < 1.29 is 0 Å². The first-order valence-corrected chi connectivity index (χ1v) is 5.54. The molecule has 2 heteroatoms. The fraction of sp³-hybridized carbons (Fsp3) is 0. The number of nitrogens with zero attached hydrogens (tertiary/aromatic N) is 1. The number of aliphatic imine (C=N–C) groups is 1. The number of isothiocyanates is 1. The summed E-state index contributed by atoms with van der Waals surface area (Å²) in [6.07, 6.45) is 0. The Morgan fingerprint density at radius 1 is 0.765 bits per heavy atom. The molecule has 0 atom stereocenters. The summed E-state index contributed by atoms with van der Waals surface area (Å²) >= 11 is 4.54. The van der Waals surface area contributed by atoms with Crippen molar-refractivity contribution in [2.45, 2.75) is 0 Å². The van der Waals surface area contributed by atoms with Gasteiger partial charge in [-0.05, 0) is 48.6 Å². The van der Waals surface area contributed by atoms with Gasteiger partial charge in [-0.25, -0.2) is 0 Å². The summed E-state index contributed by atoms with van der Waals surface area (Å²) < 4.78 is 0. The molecule has 1 nitrogen and oxygen atoms in total. The fourth-order valence-corrected chi connectivity index (χ4v) is 1.44. The number of thiocarbonyl (C=S) groups is 1. The quantitative estimate of drug-likeness (QED) is 0.416. The van der Waals surface area contributed by atoms with Gasteiger partial charge in [0, 0.05) is 11.1 Å². The fourth-order valence-electron chi connectivity index (χ4n) is 1.34. The SMILES string of the molecule is S=C=Nc1ccc(C#Cc2ccccc2)cc1. The lowest BCUT2D eigenvalue weighted by Crippen LogP contribution is -1.74. The Labute approximate surface area is 106 Å². The van der Waals surface area contributed by atoms with Gasteiger partial charge in [0.25, 0.3) is 0 Å². The molecule has 0 aliphatic rings. The third-order valence-electron chi connectivity index (χ3n) is 2.17. The summed E-state index contributed by atoms with van der Waals surface area (Å²) in [7, 11) is 0. The van der Waals surface area contributed by atoms with Crippen LogP contribution in [0.1, 0.15) is 11.1 Å². The summed E-state index contributed by atoms with van der Waals surface area (Å²) in [6, 6.07) is 17.5. The van der Waals surface area contributed by atoms with Crippen LogP contribution in [0.15, 0.2) is 59.6 Å². The zero-order valence-corrected chi connectivity index (χ0v) is 9.87. The lowest BCUT2D eigenvalue weighted by atomic mass is 10.2. The van der Waals surface area contributed by atoms with E-state index >= 15 is 0 Å². The smallest absolute Gasteiger partial charge is 0.0740 e. The van der Waals surface area contributed by atoms with E-state index in [0.29, 0.717) is 0 Å². The van der Waals surface area contributed by atoms with Gasteiger partial charge in [-0.3, -0.25) is 0 Å². The highest BCUT2D eigenvalue weighted by atomic mass is 32.1. The van der Waals surface area contributed by atoms with Crippen LogP contribution in [0.4, 0.5) is 5.69 Å². The Balaban J connectivity index is 2.20. The Kier molecular flexibility index (Phi) is 3.83. The van der Waals surface area contributed by atoms with Crippen LogP contribution in [0, 0.1) is 11.8 Å². The van der Waals surface area contributed by atoms with Crippen molar-refractivity contribution in [3.8, 4) is 11.8 Å². The van der Waals surface area contributed by atoms with E-state index in [9.17, 15) is 0 Å². The van der Waals surface area contributed by atoms with Crippen molar-refractivity contribution >= 4 is 23.1 Å². The predicted octanol–water partition coefficient (Wildman–Crippen LogP) is 3.82. The highest BCUT2D eigenvalue weighted by molar-refractivity contribution is 7.78. The molecule has 2 aromatic rings. The van der Waals surface area contributed by atoms with Gasteiger partial charge in [0.05, 0.1) is 10.8 Å². The van der Waals surface area contributed by atoms with E-state index in [1.54, 1.807) is 0 Å². The Hall–Kier alpha value is -2.20. The van der Waals surface area contributed by atoms with Crippen molar-refractivity contribution in [2.75, 3.05) is 0 Å². The lowest BCUT2D eigenvalue weighted by Gasteiger charge is -1.91. The van der Waals surface area contributed by atoms with Crippen LogP contribution < -0.4 is 0 Å². The largest absolute Gasteiger partial charge is 0.195 e. The van der Waals surface area contributed by atoms with E-state index in [1.165, 1.54) is 0 Å². The van der Waals surface area contributed by atoms with Crippen molar-refractivity contribution in [3.05, 3.63) is 65.7 Å². The molecule has 0 aliphatic carbocycles. The van der Waals surface area contributed by atoms with Gasteiger partial charge in [0.15, 0.2) is 0 Å². The molecule has 0 unspecified atom stereocenters. The second kappa shape index (κ2) is 5.77. The van der Waals surface area contributed by atoms with E-state index in [-0.39, 0.29) is 0 Å². The Bertz CT molecular complexity index is 597. The van der Waals surface area contributed by atoms with Crippen LogP contribution in [0.3, 0.4) is 0 Å². The number of benzene rings is 2.